The van der Waals surface area contributed by atoms with Crippen LogP contribution in [-0.4, -0.2) is 56.0 Å². The average molecular weight is 565 g/mol. The van der Waals surface area contributed by atoms with Gasteiger partial charge in [-0.05, 0) is 63.4 Å². The van der Waals surface area contributed by atoms with E-state index in [1.54, 1.807) is 12.1 Å². The summed E-state index contributed by atoms with van der Waals surface area (Å²) in [5.41, 5.74) is 7.50. The number of carbonyl (C=O) groups is 1. The van der Waals surface area contributed by atoms with Gasteiger partial charge in [-0.2, -0.15) is 0 Å². The summed E-state index contributed by atoms with van der Waals surface area (Å²) < 4.78 is 27.2. The maximum Gasteiger partial charge on any atom is 0.212 e. The average Bonchev–Trinajstić information content (AvgIpc) is 3.07. The van der Waals surface area contributed by atoms with Crippen LogP contribution in [0, 0.1) is 5.92 Å². The lowest BCUT2D eigenvalue weighted by atomic mass is 9.92. The minimum Gasteiger partial charge on any atom is -0.382 e. The molecular formula is C23H35Cl2N5O3S2. The van der Waals surface area contributed by atoms with E-state index < -0.39 is 10.0 Å². The topological polar surface area (TPSA) is 117 Å². The lowest BCUT2D eigenvalue weighted by molar-refractivity contribution is 0.104. The molecule has 0 aliphatic heterocycles. The molecule has 1 aromatic carbocycles. The fourth-order valence-electron chi connectivity index (χ4n) is 4.16. The fraction of sp³-hybridized carbons (Fsp3) is 0.565. The van der Waals surface area contributed by atoms with Crippen molar-refractivity contribution in [1.29, 1.82) is 0 Å². The first-order valence-electron chi connectivity index (χ1n) is 11.4. The summed E-state index contributed by atoms with van der Waals surface area (Å²) in [5.74, 6) is 0.172. The summed E-state index contributed by atoms with van der Waals surface area (Å²) >= 11 is 7.62. The zero-order valence-corrected chi connectivity index (χ0v) is 23.7. The Morgan fingerprint density at radius 2 is 1.86 bits per heavy atom. The van der Waals surface area contributed by atoms with Gasteiger partial charge in [0.2, 0.25) is 15.8 Å². The third-order valence-electron chi connectivity index (χ3n) is 5.59. The molecule has 1 fully saturated rings. The van der Waals surface area contributed by atoms with Crippen molar-refractivity contribution in [2.24, 2.45) is 5.92 Å². The third-order valence-corrected chi connectivity index (χ3v) is 8.70. The highest BCUT2D eigenvalue weighted by Crippen LogP contribution is 2.32. The molecule has 35 heavy (non-hydrogen) atoms. The summed E-state index contributed by atoms with van der Waals surface area (Å²) in [4.78, 5) is 19.8. The van der Waals surface area contributed by atoms with Crippen LogP contribution in [0.5, 0.6) is 0 Å². The minimum absolute atomic E-state index is 0. The molecule has 0 spiro atoms. The second-order valence-corrected chi connectivity index (χ2v) is 12.8. The molecule has 1 aliphatic carbocycles. The summed E-state index contributed by atoms with van der Waals surface area (Å²) in [5, 5.41) is 4.35. The number of nitrogens with one attached hydrogen (secondary N) is 2. The second kappa shape index (κ2) is 12.7. The smallest absolute Gasteiger partial charge is 0.212 e. The summed E-state index contributed by atoms with van der Waals surface area (Å²) in [7, 11) is 0.684. The lowest BCUT2D eigenvalue weighted by Gasteiger charge is -2.29. The van der Waals surface area contributed by atoms with Gasteiger partial charge in [-0.3, -0.25) is 4.79 Å². The number of nitrogen functional groups attached to an aromatic ring is 1. The molecule has 0 radical (unpaired) electrons. The van der Waals surface area contributed by atoms with Gasteiger partial charge in [0.15, 0.2) is 5.13 Å². The number of hydrogen-bond donors (Lipinski definition) is 3. The van der Waals surface area contributed by atoms with Crippen LogP contribution in [0.4, 0.5) is 10.9 Å². The first kappa shape index (κ1) is 29.8. The molecule has 4 N–H and O–H groups in total. The van der Waals surface area contributed by atoms with Crippen LogP contribution in [-0.2, 0) is 16.6 Å². The van der Waals surface area contributed by atoms with E-state index in [0.717, 1.165) is 37.8 Å². The summed E-state index contributed by atoms with van der Waals surface area (Å²) in [6.45, 7) is 4.52. The zero-order valence-electron chi connectivity index (χ0n) is 20.5. The molecule has 12 heteroatoms. The normalized spacial score (nSPS) is 18.5. The standard InChI is InChI=1S/C23H34ClN5O3S2.ClH/c1-14(2)13-34(31,32)28-17-8-6-16(7-9-17)26-23-27-22(25)21(33-23)20(30)18-10-5-15(11-19(18)24)12-29(3)4;/h5,10-11,14,16-17,28H,6-9,12-13,25H2,1-4H3,(H,26,27);1H/t16-,17-;. The molecular weight excluding hydrogens is 529 g/mol. The van der Waals surface area contributed by atoms with Crippen molar-refractivity contribution in [2.75, 3.05) is 30.9 Å². The highest BCUT2D eigenvalue weighted by Gasteiger charge is 2.27. The number of sulfonamides is 1. The van der Waals surface area contributed by atoms with Crippen LogP contribution in [0.2, 0.25) is 5.02 Å². The number of thiazole rings is 1. The predicted octanol–water partition coefficient (Wildman–Crippen LogP) is 4.39. The van der Waals surface area contributed by atoms with E-state index in [1.807, 2.05) is 38.9 Å². The Morgan fingerprint density at radius 3 is 2.43 bits per heavy atom. The molecule has 0 unspecified atom stereocenters. The fourth-order valence-corrected chi connectivity index (χ4v) is 7.08. The molecule has 1 aliphatic rings. The first-order valence-corrected chi connectivity index (χ1v) is 14.3. The molecule has 1 heterocycles. The van der Waals surface area contributed by atoms with Crippen LogP contribution in [0.15, 0.2) is 18.2 Å². The maximum atomic E-state index is 13.1. The number of ketones is 1. The lowest BCUT2D eigenvalue weighted by Crippen LogP contribution is -2.41. The van der Waals surface area contributed by atoms with Crippen molar-refractivity contribution in [3.05, 3.63) is 39.2 Å². The number of carbonyl (C=O) groups excluding carboxylic acids is 1. The van der Waals surface area contributed by atoms with Crippen molar-refractivity contribution >= 4 is 62.1 Å². The summed E-state index contributed by atoms with van der Waals surface area (Å²) in [6, 6.07) is 5.53. The van der Waals surface area contributed by atoms with E-state index in [2.05, 4.69) is 15.0 Å². The number of nitrogens with two attached hydrogens (primary N) is 1. The molecule has 196 valence electrons. The van der Waals surface area contributed by atoms with Crippen LogP contribution < -0.4 is 15.8 Å². The van der Waals surface area contributed by atoms with Gasteiger partial charge >= 0.3 is 0 Å². The van der Waals surface area contributed by atoms with E-state index in [-0.39, 0.29) is 47.8 Å². The van der Waals surface area contributed by atoms with Gasteiger partial charge in [0.1, 0.15) is 10.7 Å². The van der Waals surface area contributed by atoms with Gasteiger partial charge in [-0.1, -0.05) is 42.9 Å². The number of rotatable bonds is 10. The first-order chi connectivity index (χ1) is 15.9. The number of halogens is 2. The monoisotopic (exact) mass is 563 g/mol. The Balaban J connectivity index is 0.00000432. The van der Waals surface area contributed by atoms with Crippen molar-refractivity contribution in [1.82, 2.24) is 14.6 Å². The molecule has 2 aromatic rings. The van der Waals surface area contributed by atoms with E-state index in [1.165, 1.54) is 11.3 Å². The van der Waals surface area contributed by atoms with Crippen LogP contribution in [0.1, 0.15) is 60.3 Å². The van der Waals surface area contributed by atoms with Crippen molar-refractivity contribution in [2.45, 2.75) is 58.2 Å². The number of hydrogen-bond acceptors (Lipinski definition) is 8. The molecule has 0 amide bonds. The van der Waals surface area contributed by atoms with Crippen LogP contribution in [0.25, 0.3) is 0 Å². The quantitative estimate of drug-likeness (QED) is 0.367. The molecule has 3 rings (SSSR count). The third kappa shape index (κ3) is 8.58. The number of nitrogens with zero attached hydrogens (tertiary/aromatic N) is 2. The van der Waals surface area contributed by atoms with Gasteiger partial charge in [0.25, 0.3) is 0 Å². The number of benzene rings is 1. The molecule has 8 nitrogen and oxygen atoms in total. The van der Waals surface area contributed by atoms with Gasteiger partial charge in [0.05, 0.1) is 10.8 Å². The molecule has 0 atom stereocenters. The highest BCUT2D eigenvalue weighted by molar-refractivity contribution is 7.89. The van der Waals surface area contributed by atoms with Crippen molar-refractivity contribution in [3.63, 3.8) is 0 Å². The number of aromatic nitrogens is 1. The van der Waals surface area contributed by atoms with E-state index in [4.69, 9.17) is 17.3 Å². The van der Waals surface area contributed by atoms with Gasteiger partial charge < -0.3 is 16.0 Å². The predicted molar refractivity (Wildman–Crippen MR) is 147 cm³/mol. The second-order valence-electron chi connectivity index (χ2n) is 9.60. The largest absolute Gasteiger partial charge is 0.382 e. The summed E-state index contributed by atoms with van der Waals surface area (Å²) in [6.07, 6.45) is 3.10. The molecule has 1 aromatic heterocycles. The molecule has 0 bridgehead atoms. The van der Waals surface area contributed by atoms with Crippen LogP contribution in [0.3, 0.4) is 0 Å². The van der Waals surface area contributed by atoms with Gasteiger partial charge in [-0.25, -0.2) is 18.1 Å². The Morgan fingerprint density at radius 1 is 1.23 bits per heavy atom. The van der Waals surface area contributed by atoms with E-state index in [0.29, 0.717) is 20.6 Å². The zero-order chi connectivity index (χ0) is 25.0. The highest BCUT2D eigenvalue weighted by atomic mass is 35.5. The van der Waals surface area contributed by atoms with E-state index >= 15 is 0 Å². The Labute approximate surface area is 223 Å². The van der Waals surface area contributed by atoms with Crippen molar-refractivity contribution < 1.29 is 13.2 Å². The minimum atomic E-state index is -3.26. The van der Waals surface area contributed by atoms with Gasteiger partial charge in [0, 0.05) is 24.2 Å². The van der Waals surface area contributed by atoms with Crippen molar-refractivity contribution in [3.8, 4) is 0 Å². The Bertz CT molecular complexity index is 1110. The SMILES string of the molecule is CC(C)CS(=O)(=O)N[C@H]1CC[C@H](Nc2nc(N)c(C(=O)c3ccc(CN(C)C)cc3Cl)s2)CC1.Cl. The Hall–Kier alpha value is -1.43. The molecule has 1 saturated carbocycles. The Kier molecular flexibility index (Phi) is 10.8. The van der Waals surface area contributed by atoms with E-state index in [9.17, 15) is 13.2 Å². The van der Waals surface area contributed by atoms with Crippen LogP contribution >= 0.6 is 35.3 Å². The molecule has 0 saturated heterocycles. The maximum absolute atomic E-state index is 13.1. The van der Waals surface area contributed by atoms with Gasteiger partial charge in [-0.15, -0.1) is 12.4 Å². The number of anilines is 2.